The molecule has 1 heterocycles. The standard InChI is InChI=1S/C14H18N2/c1-10(15)8-9-12-11(2)16(3)14-7-5-4-6-13(12)14/h4-10H,15H2,1-3H3/b9-8+. The summed E-state index contributed by atoms with van der Waals surface area (Å²) in [4.78, 5) is 0. The zero-order valence-electron chi connectivity index (χ0n) is 10.1. The maximum absolute atomic E-state index is 5.75. The second-order valence-corrected chi connectivity index (χ2v) is 4.29. The number of nitrogens with zero attached hydrogens (tertiary/aromatic N) is 1. The summed E-state index contributed by atoms with van der Waals surface area (Å²) in [6.07, 6.45) is 4.16. The summed E-state index contributed by atoms with van der Waals surface area (Å²) < 4.78 is 2.22. The van der Waals surface area contributed by atoms with E-state index in [2.05, 4.69) is 48.9 Å². The molecule has 1 aromatic heterocycles. The zero-order valence-corrected chi connectivity index (χ0v) is 10.1. The van der Waals surface area contributed by atoms with Crippen LogP contribution in [0.3, 0.4) is 0 Å². The number of aryl methyl sites for hydroxylation is 1. The Morgan fingerprint density at radius 1 is 1.31 bits per heavy atom. The molecule has 0 spiro atoms. The predicted octanol–water partition coefficient (Wildman–Crippen LogP) is 2.85. The van der Waals surface area contributed by atoms with E-state index in [1.165, 1.54) is 22.2 Å². The molecule has 0 aliphatic carbocycles. The van der Waals surface area contributed by atoms with Crippen molar-refractivity contribution in [2.24, 2.45) is 12.8 Å². The van der Waals surface area contributed by atoms with E-state index in [4.69, 9.17) is 5.73 Å². The van der Waals surface area contributed by atoms with Gasteiger partial charge in [0, 0.05) is 35.2 Å². The highest BCUT2D eigenvalue weighted by atomic mass is 14.9. The molecule has 0 bridgehead atoms. The maximum Gasteiger partial charge on any atom is 0.0486 e. The minimum absolute atomic E-state index is 0.0957. The van der Waals surface area contributed by atoms with Crippen LogP contribution in [0.15, 0.2) is 30.3 Å². The summed E-state index contributed by atoms with van der Waals surface area (Å²) in [5.74, 6) is 0. The summed E-state index contributed by atoms with van der Waals surface area (Å²) in [6.45, 7) is 4.12. The molecular weight excluding hydrogens is 196 g/mol. The first-order valence-corrected chi connectivity index (χ1v) is 5.59. The molecule has 16 heavy (non-hydrogen) atoms. The van der Waals surface area contributed by atoms with E-state index in [0.717, 1.165) is 0 Å². The van der Waals surface area contributed by atoms with Crippen molar-refractivity contribution in [2.75, 3.05) is 0 Å². The van der Waals surface area contributed by atoms with Crippen LogP contribution in [0.5, 0.6) is 0 Å². The molecule has 0 fully saturated rings. The van der Waals surface area contributed by atoms with E-state index in [1.54, 1.807) is 0 Å². The van der Waals surface area contributed by atoms with Crippen LogP contribution in [0.4, 0.5) is 0 Å². The normalized spacial score (nSPS) is 13.8. The average molecular weight is 214 g/mol. The fourth-order valence-corrected chi connectivity index (χ4v) is 2.01. The van der Waals surface area contributed by atoms with Crippen LogP contribution in [0.25, 0.3) is 17.0 Å². The van der Waals surface area contributed by atoms with Gasteiger partial charge >= 0.3 is 0 Å². The van der Waals surface area contributed by atoms with Crippen LogP contribution in [0.1, 0.15) is 18.2 Å². The largest absolute Gasteiger partial charge is 0.347 e. The van der Waals surface area contributed by atoms with Gasteiger partial charge in [0.25, 0.3) is 0 Å². The molecule has 2 N–H and O–H groups in total. The molecular formula is C14H18N2. The van der Waals surface area contributed by atoms with E-state index in [-0.39, 0.29) is 6.04 Å². The SMILES string of the molecule is Cc1c(/C=C/C(C)N)c2ccccc2n1C. The first kappa shape index (κ1) is 11.0. The molecule has 0 saturated carbocycles. The molecule has 0 amide bonds. The highest BCUT2D eigenvalue weighted by Crippen LogP contribution is 2.25. The zero-order chi connectivity index (χ0) is 11.7. The van der Waals surface area contributed by atoms with Crippen LogP contribution in [0, 0.1) is 6.92 Å². The Hall–Kier alpha value is -1.54. The molecule has 2 heteroatoms. The van der Waals surface area contributed by atoms with Gasteiger partial charge in [0.05, 0.1) is 0 Å². The van der Waals surface area contributed by atoms with Gasteiger partial charge in [0.15, 0.2) is 0 Å². The summed E-state index contributed by atoms with van der Waals surface area (Å²) >= 11 is 0. The van der Waals surface area contributed by atoms with Crippen molar-refractivity contribution in [3.8, 4) is 0 Å². The first-order chi connectivity index (χ1) is 7.61. The second-order valence-electron chi connectivity index (χ2n) is 4.29. The molecule has 0 aliphatic heterocycles. The minimum Gasteiger partial charge on any atom is -0.347 e. The molecule has 0 aliphatic rings. The molecule has 0 saturated heterocycles. The van der Waals surface area contributed by atoms with Gasteiger partial charge in [-0.1, -0.05) is 30.4 Å². The fraction of sp³-hybridized carbons (Fsp3) is 0.286. The number of nitrogens with two attached hydrogens (primary N) is 1. The van der Waals surface area contributed by atoms with Crippen molar-refractivity contribution in [1.29, 1.82) is 0 Å². The van der Waals surface area contributed by atoms with Gasteiger partial charge in [0.1, 0.15) is 0 Å². The van der Waals surface area contributed by atoms with Gasteiger partial charge in [0.2, 0.25) is 0 Å². The third-order valence-corrected chi connectivity index (χ3v) is 3.01. The van der Waals surface area contributed by atoms with Crippen LogP contribution < -0.4 is 5.73 Å². The smallest absolute Gasteiger partial charge is 0.0486 e. The molecule has 1 unspecified atom stereocenters. The molecule has 2 nitrogen and oxygen atoms in total. The number of rotatable bonds is 2. The Kier molecular flexibility index (Phi) is 2.84. The van der Waals surface area contributed by atoms with Crippen molar-refractivity contribution < 1.29 is 0 Å². The Balaban J connectivity index is 2.64. The van der Waals surface area contributed by atoms with Crippen molar-refractivity contribution in [2.45, 2.75) is 19.9 Å². The minimum atomic E-state index is 0.0957. The third-order valence-electron chi connectivity index (χ3n) is 3.01. The summed E-state index contributed by atoms with van der Waals surface area (Å²) in [5, 5.41) is 1.29. The number of fused-ring (bicyclic) bond motifs is 1. The van der Waals surface area contributed by atoms with Crippen LogP contribution in [-0.4, -0.2) is 10.6 Å². The van der Waals surface area contributed by atoms with Crippen LogP contribution in [0.2, 0.25) is 0 Å². The lowest BCUT2D eigenvalue weighted by Crippen LogP contribution is -2.09. The second kappa shape index (κ2) is 4.14. The van der Waals surface area contributed by atoms with Gasteiger partial charge in [-0.3, -0.25) is 0 Å². The molecule has 84 valence electrons. The van der Waals surface area contributed by atoms with E-state index < -0.39 is 0 Å². The Morgan fingerprint density at radius 3 is 2.69 bits per heavy atom. The molecule has 2 aromatic rings. The highest BCUT2D eigenvalue weighted by molar-refractivity contribution is 5.91. The van der Waals surface area contributed by atoms with Gasteiger partial charge in [-0.05, 0) is 19.9 Å². The van der Waals surface area contributed by atoms with Crippen LogP contribution in [-0.2, 0) is 7.05 Å². The summed E-state index contributed by atoms with van der Waals surface area (Å²) in [6, 6.07) is 8.54. The highest BCUT2D eigenvalue weighted by Gasteiger charge is 2.08. The maximum atomic E-state index is 5.75. The third kappa shape index (κ3) is 1.76. The number of aromatic nitrogens is 1. The van der Waals surface area contributed by atoms with Gasteiger partial charge in [-0.15, -0.1) is 0 Å². The number of hydrogen-bond acceptors (Lipinski definition) is 1. The molecule has 2 rings (SSSR count). The molecule has 0 radical (unpaired) electrons. The number of benzene rings is 1. The topological polar surface area (TPSA) is 30.9 Å². The van der Waals surface area contributed by atoms with Crippen molar-refractivity contribution >= 4 is 17.0 Å². The van der Waals surface area contributed by atoms with Crippen molar-refractivity contribution in [3.05, 3.63) is 41.6 Å². The van der Waals surface area contributed by atoms with E-state index in [1.807, 2.05) is 13.0 Å². The number of hydrogen-bond donors (Lipinski definition) is 1. The van der Waals surface area contributed by atoms with Crippen molar-refractivity contribution in [3.63, 3.8) is 0 Å². The van der Waals surface area contributed by atoms with E-state index in [9.17, 15) is 0 Å². The first-order valence-electron chi connectivity index (χ1n) is 5.59. The Morgan fingerprint density at radius 2 is 2.00 bits per heavy atom. The summed E-state index contributed by atoms with van der Waals surface area (Å²) in [7, 11) is 2.10. The summed E-state index contributed by atoms with van der Waals surface area (Å²) in [5.41, 5.74) is 9.57. The lowest BCUT2D eigenvalue weighted by molar-refractivity contribution is 0.913. The van der Waals surface area contributed by atoms with Gasteiger partial charge in [-0.25, -0.2) is 0 Å². The van der Waals surface area contributed by atoms with Crippen LogP contribution >= 0.6 is 0 Å². The lowest BCUT2D eigenvalue weighted by Gasteiger charge is -1.98. The Labute approximate surface area is 96.4 Å². The van der Waals surface area contributed by atoms with E-state index >= 15 is 0 Å². The molecule has 1 aromatic carbocycles. The average Bonchev–Trinajstić information content (AvgIpc) is 2.50. The van der Waals surface area contributed by atoms with Gasteiger partial charge in [-0.2, -0.15) is 0 Å². The lowest BCUT2D eigenvalue weighted by atomic mass is 10.1. The Bertz CT molecular complexity index is 533. The number of para-hydroxylation sites is 1. The van der Waals surface area contributed by atoms with E-state index in [0.29, 0.717) is 0 Å². The predicted molar refractivity (Wildman–Crippen MR) is 70.3 cm³/mol. The van der Waals surface area contributed by atoms with Crippen molar-refractivity contribution in [1.82, 2.24) is 4.57 Å². The van der Waals surface area contributed by atoms with Gasteiger partial charge < -0.3 is 10.3 Å². The quantitative estimate of drug-likeness (QED) is 0.818. The molecule has 1 atom stereocenters. The monoisotopic (exact) mass is 214 g/mol. The fourth-order valence-electron chi connectivity index (χ4n) is 2.01.